The number of carbonyl (C=O) groups excluding carboxylic acids is 1. The van der Waals surface area contributed by atoms with E-state index in [9.17, 15) is 13.2 Å². The van der Waals surface area contributed by atoms with E-state index in [1.807, 2.05) is 0 Å². The largest absolute Gasteiger partial charge is 0.322 e. The normalized spacial score (nSPS) is 11.1. The van der Waals surface area contributed by atoms with Crippen LogP contribution in [0, 0.1) is 12.3 Å². The lowest BCUT2D eigenvalue weighted by molar-refractivity contribution is -0.0258. The molecule has 0 aromatic heterocycles. The second kappa shape index (κ2) is 7.27. The zero-order chi connectivity index (χ0) is 17.7. The van der Waals surface area contributed by atoms with Crippen LogP contribution in [-0.2, 0) is 14.9 Å². The van der Waals surface area contributed by atoms with Gasteiger partial charge in [0.15, 0.2) is 0 Å². The Morgan fingerprint density at radius 3 is 2.58 bits per heavy atom. The van der Waals surface area contributed by atoms with E-state index in [1.54, 1.807) is 24.3 Å². The Morgan fingerprint density at radius 1 is 1.21 bits per heavy atom. The van der Waals surface area contributed by atoms with Crippen molar-refractivity contribution in [1.29, 1.82) is 0 Å². The van der Waals surface area contributed by atoms with Gasteiger partial charge in [-0.25, -0.2) is 8.42 Å². The highest BCUT2D eigenvalue weighted by Crippen LogP contribution is 2.17. The Bertz CT molecular complexity index is 901. The highest BCUT2D eigenvalue weighted by molar-refractivity contribution is 7.89. The number of benzene rings is 2. The first-order chi connectivity index (χ1) is 11.4. The highest BCUT2D eigenvalue weighted by Gasteiger charge is 2.21. The first-order valence-electron chi connectivity index (χ1n) is 6.89. The third-order valence-corrected chi connectivity index (χ3v) is 4.95. The van der Waals surface area contributed by atoms with Gasteiger partial charge in [0.25, 0.3) is 15.9 Å². The minimum absolute atomic E-state index is 0.0446. The first kappa shape index (κ1) is 17.7. The molecule has 0 unspecified atom stereocenters. The average Bonchev–Trinajstić information content (AvgIpc) is 2.61. The van der Waals surface area contributed by atoms with Crippen LogP contribution in [0.5, 0.6) is 0 Å². The Morgan fingerprint density at radius 2 is 1.92 bits per heavy atom. The van der Waals surface area contributed by atoms with Crippen LogP contribution in [0.3, 0.4) is 0 Å². The molecule has 124 valence electrons. The Hall–Kier alpha value is -2.66. The number of hydrogen-bond acceptors (Lipinski definition) is 4. The summed E-state index contributed by atoms with van der Waals surface area (Å²) in [6.07, 6.45) is 5.32. The third kappa shape index (κ3) is 3.81. The molecule has 2 aromatic rings. The van der Waals surface area contributed by atoms with E-state index in [0.29, 0.717) is 11.3 Å². The molecule has 0 spiro atoms. The summed E-state index contributed by atoms with van der Waals surface area (Å²) in [7, 11) is -1.31. The van der Waals surface area contributed by atoms with Crippen molar-refractivity contribution in [3.63, 3.8) is 0 Å². The predicted octanol–water partition coefficient (Wildman–Crippen LogP) is 2.10. The molecule has 0 aliphatic rings. The van der Waals surface area contributed by atoms with E-state index in [1.165, 1.54) is 38.4 Å². The van der Waals surface area contributed by atoms with E-state index in [-0.39, 0.29) is 10.5 Å². The second-order valence-corrected chi connectivity index (χ2v) is 6.74. The number of hydroxylamine groups is 1. The predicted molar refractivity (Wildman–Crippen MR) is 90.7 cm³/mol. The molecule has 0 heterocycles. The van der Waals surface area contributed by atoms with Gasteiger partial charge in [0.1, 0.15) is 0 Å². The Kier molecular flexibility index (Phi) is 5.36. The number of carbonyl (C=O) groups is 1. The lowest BCUT2D eigenvalue weighted by atomic mass is 10.2. The van der Waals surface area contributed by atoms with Gasteiger partial charge in [-0.05, 0) is 36.4 Å². The van der Waals surface area contributed by atoms with Crippen LogP contribution in [0.15, 0.2) is 53.4 Å². The molecule has 0 aliphatic carbocycles. The number of amides is 1. The van der Waals surface area contributed by atoms with Crippen LogP contribution in [0.1, 0.15) is 15.9 Å². The molecule has 24 heavy (non-hydrogen) atoms. The summed E-state index contributed by atoms with van der Waals surface area (Å²) >= 11 is 0. The van der Waals surface area contributed by atoms with Crippen molar-refractivity contribution in [1.82, 2.24) is 4.47 Å². The van der Waals surface area contributed by atoms with E-state index < -0.39 is 15.9 Å². The summed E-state index contributed by atoms with van der Waals surface area (Å²) in [5.41, 5.74) is 1.36. The van der Waals surface area contributed by atoms with Crippen LogP contribution in [-0.4, -0.2) is 33.0 Å². The maximum atomic E-state index is 12.3. The molecule has 6 nitrogen and oxygen atoms in total. The number of hydrogen-bond donors (Lipinski definition) is 1. The van der Waals surface area contributed by atoms with Gasteiger partial charge in [-0.1, -0.05) is 22.5 Å². The fraction of sp³-hybridized carbons (Fsp3) is 0.118. The number of terminal acetylenes is 1. The van der Waals surface area contributed by atoms with Gasteiger partial charge in [-0.2, -0.15) is 0 Å². The van der Waals surface area contributed by atoms with Gasteiger partial charge < -0.3 is 5.32 Å². The zero-order valence-corrected chi connectivity index (χ0v) is 14.0. The van der Waals surface area contributed by atoms with Gasteiger partial charge >= 0.3 is 0 Å². The second-order valence-electron chi connectivity index (χ2n) is 4.80. The number of rotatable bonds is 5. The minimum Gasteiger partial charge on any atom is -0.322 e. The Labute approximate surface area is 141 Å². The molecule has 0 aliphatic heterocycles. The SMILES string of the molecule is C#Cc1cccc(NC(=O)c2cccc(S(=O)(=O)N(C)OC)c2)c1. The van der Waals surface area contributed by atoms with Crippen molar-refractivity contribution in [3.05, 3.63) is 59.7 Å². The van der Waals surface area contributed by atoms with Crippen LogP contribution in [0.2, 0.25) is 0 Å². The summed E-state index contributed by atoms with van der Waals surface area (Å²) < 4.78 is 25.2. The molecule has 2 aromatic carbocycles. The van der Waals surface area contributed by atoms with Crippen LogP contribution < -0.4 is 5.32 Å². The van der Waals surface area contributed by atoms with E-state index in [0.717, 1.165) is 4.47 Å². The van der Waals surface area contributed by atoms with Crippen LogP contribution >= 0.6 is 0 Å². The topological polar surface area (TPSA) is 75.7 Å². The Balaban J connectivity index is 2.28. The zero-order valence-electron chi connectivity index (χ0n) is 13.2. The summed E-state index contributed by atoms with van der Waals surface area (Å²) in [6.45, 7) is 0. The van der Waals surface area contributed by atoms with Crippen molar-refractivity contribution in [2.75, 3.05) is 19.5 Å². The van der Waals surface area contributed by atoms with Crippen molar-refractivity contribution >= 4 is 21.6 Å². The minimum atomic E-state index is -3.82. The molecule has 7 heteroatoms. The van der Waals surface area contributed by atoms with Gasteiger partial charge in [-0.3, -0.25) is 9.63 Å². The number of nitrogens with zero attached hydrogens (tertiary/aromatic N) is 1. The molecule has 0 atom stereocenters. The summed E-state index contributed by atoms with van der Waals surface area (Å²) in [6, 6.07) is 12.5. The fourth-order valence-corrected chi connectivity index (χ4v) is 2.95. The molecule has 1 N–H and O–H groups in total. The van der Waals surface area contributed by atoms with E-state index in [4.69, 9.17) is 11.3 Å². The summed E-state index contributed by atoms with van der Waals surface area (Å²) in [4.78, 5) is 17.0. The van der Waals surface area contributed by atoms with E-state index >= 15 is 0 Å². The van der Waals surface area contributed by atoms with Crippen molar-refractivity contribution in [2.45, 2.75) is 4.90 Å². The summed E-state index contributed by atoms with van der Waals surface area (Å²) in [5.74, 6) is 2.04. The third-order valence-electron chi connectivity index (χ3n) is 3.28. The molecule has 0 radical (unpaired) electrons. The molecule has 0 bridgehead atoms. The lowest BCUT2D eigenvalue weighted by Gasteiger charge is -2.14. The standard InChI is InChI=1S/C17H16N2O4S/c1-4-13-7-5-9-15(11-13)18-17(20)14-8-6-10-16(12-14)24(21,22)19(2)23-3/h1,5-12H,2-3H3,(H,18,20). The molecular formula is C17H16N2O4S. The van der Waals surface area contributed by atoms with E-state index in [2.05, 4.69) is 11.2 Å². The quantitative estimate of drug-likeness (QED) is 0.666. The first-order valence-corrected chi connectivity index (χ1v) is 8.33. The van der Waals surface area contributed by atoms with Gasteiger partial charge in [0, 0.05) is 23.9 Å². The van der Waals surface area contributed by atoms with Crippen molar-refractivity contribution in [3.8, 4) is 12.3 Å². The van der Waals surface area contributed by atoms with Crippen molar-refractivity contribution < 1.29 is 18.0 Å². The highest BCUT2D eigenvalue weighted by atomic mass is 32.2. The maximum absolute atomic E-state index is 12.3. The molecule has 0 fully saturated rings. The smallest absolute Gasteiger partial charge is 0.264 e. The number of sulfonamides is 1. The van der Waals surface area contributed by atoms with Gasteiger partial charge in [-0.15, -0.1) is 6.42 Å². The number of nitrogens with one attached hydrogen (secondary N) is 1. The van der Waals surface area contributed by atoms with Crippen molar-refractivity contribution in [2.24, 2.45) is 0 Å². The molecule has 1 amide bonds. The van der Waals surface area contributed by atoms with Gasteiger partial charge in [0.2, 0.25) is 0 Å². The molecule has 0 saturated carbocycles. The maximum Gasteiger partial charge on any atom is 0.264 e. The fourth-order valence-electron chi connectivity index (χ4n) is 1.93. The van der Waals surface area contributed by atoms with Crippen LogP contribution in [0.25, 0.3) is 0 Å². The molecular weight excluding hydrogens is 328 g/mol. The average molecular weight is 344 g/mol. The molecule has 2 rings (SSSR count). The monoisotopic (exact) mass is 344 g/mol. The lowest BCUT2D eigenvalue weighted by Crippen LogP contribution is -2.26. The molecule has 0 saturated heterocycles. The van der Waals surface area contributed by atoms with Crippen LogP contribution in [0.4, 0.5) is 5.69 Å². The summed E-state index contributed by atoms with van der Waals surface area (Å²) in [5, 5.41) is 2.68. The van der Waals surface area contributed by atoms with Gasteiger partial charge in [0.05, 0.1) is 12.0 Å². The number of anilines is 1.